The van der Waals surface area contributed by atoms with E-state index in [0.717, 1.165) is 5.69 Å². The maximum Gasteiger partial charge on any atom is 0.315 e. The summed E-state index contributed by atoms with van der Waals surface area (Å²) in [6.07, 6.45) is 2.25. The van der Waals surface area contributed by atoms with E-state index in [4.69, 9.17) is 5.11 Å². The number of carbonyl (C=O) groups is 1. The molecular weight excluding hydrogens is 294 g/mol. The highest BCUT2D eigenvalue weighted by Crippen LogP contribution is 2.17. The van der Waals surface area contributed by atoms with Gasteiger partial charge < -0.3 is 15.7 Å². The molecule has 0 fully saturated rings. The molecule has 7 heteroatoms. The molecule has 0 aliphatic carbocycles. The third kappa shape index (κ3) is 5.07. The van der Waals surface area contributed by atoms with Gasteiger partial charge in [-0.3, -0.25) is 4.57 Å². The van der Waals surface area contributed by atoms with Crippen molar-refractivity contribution in [3.05, 3.63) is 42.5 Å². The van der Waals surface area contributed by atoms with Gasteiger partial charge in [0.1, 0.15) is 6.33 Å². The average Bonchev–Trinajstić information content (AvgIpc) is 3.00. The van der Waals surface area contributed by atoms with E-state index < -0.39 is 0 Å². The molecule has 0 aliphatic heterocycles. The summed E-state index contributed by atoms with van der Waals surface area (Å²) in [5.74, 6) is 0.654. The molecule has 0 saturated carbocycles. The number of aliphatic hydroxyl groups excluding tert-OH is 1. The molecule has 0 aliphatic rings. The lowest BCUT2D eigenvalue weighted by Crippen LogP contribution is -2.41. The summed E-state index contributed by atoms with van der Waals surface area (Å²) in [4.78, 5) is 11.9. The number of amides is 2. The van der Waals surface area contributed by atoms with Crippen LogP contribution in [0, 0.1) is 5.41 Å². The Morgan fingerprint density at radius 1 is 1.26 bits per heavy atom. The lowest BCUT2D eigenvalue weighted by molar-refractivity contribution is 0.201. The number of hydrogen-bond acceptors (Lipinski definition) is 4. The van der Waals surface area contributed by atoms with Crippen molar-refractivity contribution in [3.63, 3.8) is 0 Å². The zero-order chi connectivity index (χ0) is 16.7. The van der Waals surface area contributed by atoms with Crippen LogP contribution in [-0.4, -0.2) is 39.1 Å². The second kappa shape index (κ2) is 7.73. The van der Waals surface area contributed by atoms with Crippen molar-refractivity contribution in [2.45, 2.75) is 26.8 Å². The van der Waals surface area contributed by atoms with Gasteiger partial charge in [0, 0.05) is 18.8 Å². The van der Waals surface area contributed by atoms with Crippen molar-refractivity contribution < 1.29 is 9.90 Å². The van der Waals surface area contributed by atoms with Gasteiger partial charge >= 0.3 is 6.03 Å². The Bertz CT molecular complexity index is 624. The van der Waals surface area contributed by atoms with Crippen LogP contribution in [-0.2, 0) is 6.54 Å². The third-order valence-corrected chi connectivity index (χ3v) is 3.58. The fourth-order valence-electron chi connectivity index (χ4n) is 2.12. The first kappa shape index (κ1) is 17.0. The number of nitrogens with one attached hydrogen (secondary N) is 2. The van der Waals surface area contributed by atoms with Gasteiger partial charge in [0.05, 0.1) is 6.54 Å². The lowest BCUT2D eigenvalue weighted by Gasteiger charge is -2.23. The zero-order valence-electron chi connectivity index (χ0n) is 13.5. The lowest BCUT2D eigenvalue weighted by atomic mass is 9.90. The summed E-state index contributed by atoms with van der Waals surface area (Å²) in [5, 5.41) is 22.5. The van der Waals surface area contributed by atoms with E-state index in [1.54, 1.807) is 6.33 Å². The molecule has 2 aromatic rings. The van der Waals surface area contributed by atoms with E-state index in [2.05, 4.69) is 20.8 Å². The Balaban J connectivity index is 1.87. The topological polar surface area (TPSA) is 92.1 Å². The Labute approximate surface area is 135 Å². The number of aromatic nitrogens is 3. The highest BCUT2D eigenvalue weighted by atomic mass is 16.3. The highest BCUT2D eigenvalue weighted by molar-refractivity contribution is 5.73. The van der Waals surface area contributed by atoms with Crippen molar-refractivity contribution in [2.75, 3.05) is 13.2 Å². The Morgan fingerprint density at radius 2 is 2.00 bits per heavy atom. The van der Waals surface area contributed by atoms with Gasteiger partial charge in [0.15, 0.2) is 5.82 Å². The van der Waals surface area contributed by atoms with Gasteiger partial charge in [0.2, 0.25) is 0 Å². The number of aliphatic hydroxyl groups is 1. The molecule has 0 radical (unpaired) electrons. The van der Waals surface area contributed by atoms with Gasteiger partial charge in [-0.05, 0) is 24.0 Å². The molecule has 1 aromatic heterocycles. The number of urea groups is 1. The molecule has 23 heavy (non-hydrogen) atoms. The van der Waals surface area contributed by atoms with Crippen LogP contribution in [0.2, 0.25) is 0 Å². The summed E-state index contributed by atoms with van der Waals surface area (Å²) >= 11 is 0. The van der Waals surface area contributed by atoms with Crippen molar-refractivity contribution in [2.24, 2.45) is 5.41 Å². The Morgan fingerprint density at radius 3 is 2.70 bits per heavy atom. The minimum absolute atomic E-state index is 0.108. The summed E-state index contributed by atoms with van der Waals surface area (Å²) in [6, 6.07) is 9.44. The average molecular weight is 317 g/mol. The molecule has 0 bridgehead atoms. The Kier molecular flexibility index (Phi) is 5.70. The van der Waals surface area contributed by atoms with Gasteiger partial charge in [-0.25, -0.2) is 4.79 Å². The molecule has 0 saturated heterocycles. The first-order valence-corrected chi connectivity index (χ1v) is 7.59. The van der Waals surface area contributed by atoms with E-state index in [1.165, 1.54) is 0 Å². The summed E-state index contributed by atoms with van der Waals surface area (Å²) in [6.45, 7) is 4.87. The van der Waals surface area contributed by atoms with Crippen LogP contribution in [0.3, 0.4) is 0 Å². The SMILES string of the molecule is CC(C)(CCO)CNC(=O)NCc1nncn1-c1ccccc1. The number of nitrogens with zero attached hydrogens (tertiary/aromatic N) is 3. The maximum absolute atomic E-state index is 11.9. The number of hydrogen-bond donors (Lipinski definition) is 3. The van der Waals surface area contributed by atoms with E-state index in [-0.39, 0.29) is 24.6 Å². The quantitative estimate of drug-likeness (QED) is 0.721. The highest BCUT2D eigenvalue weighted by Gasteiger charge is 2.18. The third-order valence-electron chi connectivity index (χ3n) is 3.58. The molecule has 0 atom stereocenters. The van der Waals surface area contributed by atoms with Crippen LogP contribution >= 0.6 is 0 Å². The molecular formula is C16H23N5O2. The van der Waals surface area contributed by atoms with E-state index in [1.807, 2.05) is 48.7 Å². The number of para-hydroxylation sites is 1. The van der Waals surface area contributed by atoms with Crippen molar-refractivity contribution in [3.8, 4) is 5.69 Å². The molecule has 2 amide bonds. The summed E-state index contributed by atoms with van der Waals surface area (Å²) in [5.41, 5.74) is 0.801. The number of benzene rings is 1. The molecule has 124 valence electrons. The van der Waals surface area contributed by atoms with E-state index >= 15 is 0 Å². The number of carbonyl (C=O) groups excluding carboxylic acids is 1. The van der Waals surface area contributed by atoms with Gasteiger partial charge in [-0.15, -0.1) is 10.2 Å². The predicted molar refractivity (Wildman–Crippen MR) is 87.1 cm³/mol. The summed E-state index contributed by atoms with van der Waals surface area (Å²) < 4.78 is 1.83. The minimum atomic E-state index is -0.265. The molecule has 2 rings (SSSR count). The van der Waals surface area contributed by atoms with Crippen LogP contribution in [0.1, 0.15) is 26.1 Å². The van der Waals surface area contributed by atoms with Crippen molar-refractivity contribution in [1.82, 2.24) is 25.4 Å². The first-order chi connectivity index (χ1) is 11.0. The van der Waals surface area contributed by atoms with Crippen molar-refractivity contribution in [1.29, 1.82) is 0 Å². The van der Waals surface area contributed by atoms with Crippen LogP contribution in [0.4, 0.5) is 4.79 Å². The molecule has 7 nitrogen and oxygen atoms in total. The Hall–Kier alpha value is -2.41. The fraction of sp³-hybridized carbons (Fsp3) is 0.438. The van der Waals surface area contributed by atoms with Crippen LogP contribution in [0.25, 0.3) is 5.69 Å². The maximum atomic E-state index is 11.9. The minimum Gasteiger partial charge on any atom is -0.396 e. The molecule has 0 spiro atoms. The van der Waals surface area contributed by atoms with Crippen molar-refractivity contribution >= 4 is 6.03 Å². The standard InChI is InChI=1S/C16H23N5O2/c1-16(2,8-9-22)11-18-15(23)17-10-14-20-19-12-21(14)13-6-4-3-5-7-13/h3-7,12,22H,8-11H2,1-2H3,(H2,17,18,23). The van der Waals surface area contributed by atoms with Crippen LogP contribution in [0.15, 0.2) is 36.7 Å². The van der Waals surface area contributed by atoms with E-state index in [0.29, 0.717) is 18.8 Å². The van der Waals surface area contributed by atoms with Gasteiger partial charge in [-0.1, -0.05) is 32.0 Å². The number of rotatable bonds is 7. The second-order valence-electron chi connectivity index (χ2n) is 6.13. The first-order valence-electron chi connectivity index (χ1n) is 7.59. The zero-order valence-corrected chi connectivity index (χ0v) is 13.5. The second-order valence-corrected chi connectivity index (χ2v) is 6.13. The smallest absolute Gasteiger partial charge is 0.315 e. The van der Waals surface area contributed by atoms with Crippen LogP contribution < -0.4 is 10.6 Å². The van der Waals surface area contributed by atoms with E-state index in [9.17, 15) is 4.79 Å². The summed E-state index contributed by atoms with van der Waals surface area (Å²) in [7, 11) is 0. The molecule has 0 unspecified atom stereocenters. The van der Waals surface area contributed by atoms with Gasteiger partial charge in [0.25, 0.3) is 0 Å². The fourth-order valence-corrected chi connectivity index (χ4v) is 2.12. The molecule has 1 aromatic carbocycles. The molecule has 1 heterocycles. The predicted octanol–water partition coefficient (Wildman–Crippen LogP) is 1.48. The normalized spacial score (nSPS) is 11.3. The largest absolute Gasteiger partial charge is 0.396 e. The monoisotopic (exact) mass is 317 g/mol. The van der Waals surface area contributed by atoms with Gasteiger partial charge in [-0.2, -0.15) is 0 Å². The van der Waals surface area contributed by atoms with Crippen LogP contribution in [0.5, 0.6) is 0 Å². The molecule has 3 N–H and O–H groups in total.